The Morgan fingerprint density at radius 1 is 1.15 bits per heavy atom. The summed E-state index contributed by atoms with van der Waals surface area (Å²) in [6.07, 6.45) is 0.980. The summed E-state index contributed by atoms with van der Waals surface area (Å²) in [5, 5.41) is 10.9. The van der Waals surface area contributed by atoms with E-state index in [1.54, 1.807) is 6.07 Å². The summed E-state index contributed by atoms with van der Waals surface area (Å²) in [5.41, 5.74) is 9.01. The fraction of sp³-hybridized carbons (Fsp3) is 0.200. The summed E-state index contributed by atoms with van der Waals surface area (Å²) in [6, 6.07) is 12.7. The number of anilines is 3. The molecule has 0 fully saturated rings. The zero-order valence-corrected chi connectivity index (χ0v) is 11.5. The fourth-order valence-corrected chi connectivity index (χ4v) is 2.02. The molecule has 2 rings (SSSR count). The van der Waals surface area contributed by atoms with Crippen molar-refractivity contribution in [2.45, 2.75) is 13.3 Å². The number of hydrogen-bond donors (Lipinski definition) is 1. The van der Waals surface area contributed by atoms with Crippen LogP contribution in [0.25, 0.3) is 0 Å². The van der Waals surface area contributed by atoms with Gasteiger partial charge in [0, 0.05) is 36.2 Å². The maximum Gasteiger partial charge on any atom is 0.273 e. The largest absolute Gasteiger partial charge is 0.398 e. The van der Waals surface area contributed by atoms with Gasteiger partial charge in [-0.2, -0.15) is 0 Å². The maximum atomic E-state index is 10.9. The number of nitrogens with zero attached hydrogens (tertiary/aromatic N) is 2. The Balaban J connectivity index is 2.36. The van der Waals surface area contributed by atoms with Gasteiger partial charge in [0.25, 0.3) is 5.69 Å². The molecule has 0 saturated carbocycles. The van der Waals surface area contributed by atoms with E-state index in [1.165, 1.54) is 17.7 Å². The third-order valence-electron chi connectivity index (χ3n) is 3.25. The summed E-state index contributed by atoms with van der Waals surface area (Å²) in [6.45, 7) is 2.10. The minimum atomic E-state index is -0.437. The quantitative estimate of drug-likeness (QED) is 0.524. The highest BCUT2D eigenvalue weighted by atomic mass is 16.6. The van der Waals surface area contributed by atoms with Crippen LogP contribution in [0.1, 0.15) is 12.5 Å². The number of nitro benzene ring substituents is 1. The van der Waals surface area contributed by atoms with Gasteiger partial charge in [-0.3, -0.25) is 10.1 Å². The Labute approximate surface area is 117 Å². The van der Waals surface area contributed by atoms with Crippen molar-refractivity contribution in [1.82, 2.24) is 0 Å². The second-order valence-corrected chi connectivity index (χ2v) is 4.62. The van der Waals surface area contributed by atoms with E-state index in [9.17, 15) is 10.1 Å². The minimum absolute atomic E-state index is 0.00275. The standard InChI is InChI=1S/C15H17N3O2/c1-3-11-4-6-13(7-5-11)17(2)14-8-12(16)9-15(10-14)18(19)20/h4-10H,3,16H2,1-2H3. The van der Waals surface area contributed by atoms with Crippen LogP contribution in [-0.2, 0) is 6.42 Å². The number of aryl methyl sites for hydroxylation is 1. The molecule has 20 heavy (non-hydrogen) atoms. The van der Waals surface area contributed by atoms with Crippen molar-refractivity contribution in [2.75, 3.05) is 17.7 Å². The van der Waals surface area contributed by atoms with Gasteiger partial charge in [0.2, 0.25) is 0 Å². The third-order valence-corrected chi connectivity index (χ3v) is 3.25. The highest BCUT2D eigenvalue weighted by molar-refractivity contribution is 5.69. The van der Waals surface area contributed by atoms with Gasteiger partial charge in [0.05, 0.1) is 4.92 Å². The topological polar surface area (TPSA) is 72.4 Å². The first-order chi connectivity index (χ1) is 9.51. The number of rotatable bonds is 4. The zero-order valence-electron chi connectivity index (χ0n) is 11.5. The Hall–Kier alpha value is -2.56. The van der Waals surface area contributed by atoms with E-state index in [0.29, 0.717) is 11.4 Å². The van der Waals surface area contributed by atoms with Crippen LogP contribution in [0.5, 0.6) is 0 Å². The van der Waals surface area contributed by atoms with Gasteiger partial charge in [-0.25, -0.2) is 0 Å². The summed E-state index contributed by atoms with van der Waals surface area (Å²) >= 11 is 0. The number of benzene rings is 2. The fourth-order valence-electron chi connectivity index (χ4n) is 2.02. The average Bonchev–Trinajstić information content (AvgIpc) is 2.46. The van der Waals surface area contributed by atoms with Crippen molar-refractivity contribution in [1.29, 1.82) is 0 Å². The molecule has 5 nitrogen and oxygen atoms in total. The molecule has 5 heteroatoms. The molecule has 0 saturated heterocycles. The predicted molar refractivity (Wildman–Crippen MR) is 81.4 cm³/mol. The SMILES string of the molecule is CCc1ccc(N(C)c2cc(N)cc([N+](=O)[O-])c2)cc1. The Morgan fingerprint density at radius 2 is 1.80 bits per heavy atom. The smallest absolute Gasteiger partial charge is 0.273 e. The Kier molecular flexibility index (Phi) is 3.89. The molecule has 0 radical (unpaired) electrons. The predicted octanol–water partition coefficient (Wildman–Crippen LogP) is 3.51. The lowest BCUT2D eigenvalue weighted by Gasteiger charge is -2.20. The molecular formula is C15H17N3O2. The number of nitrogen functional groups attached to an aromatic ring is 1. The first-order valence-corrected chi connectivity index (χ1v) is 6.39. The van der Waals surface area contributed by atoms with E-state index in [-0.39, 0.29) is 5.69 Å². The molecule has 2 N–H and O–H groups in total. The van der Waals surface area contributed by atoms with Crippen LogP contribution in [0.4, 0.5) is 22.7 Å². The van der Waals surface area contributed by atoms with Crippen LogP contribution in [0.2, 0.25) is 0 Å². The molecule has 0 amide bonds. The van der Waals surface area contributed by atoms with Crippen molar-refractivity contribution in [3.05, 3.63) is 58.1 Å². The Bertz CT molecular complexity index is 624. The van der Waals surface area contributed by atoms with Crippen molar-refractivity contribution < 1.29 is 4.92 Å². The Morgan fingerprint density at radius 3 is 2.35 bits per heavy atom. The van der Waals surface area contributed by atoms with E-state index in [1.807, 2.05) is 36.2 Å². The highest BCUT2D eigenvalue weighted by Gasteiger charge is 2.12. The van der Waals surface area contributed by atoms with Crippen LogP contribution in [0.3, 0.4) is 0 Å². The molecule has 0 bridgehead atoms. The van der Waals surface area contributed by atoms with Crippen LogP contribution in [0, 0.1) is 10.1 Å². The van der Waals surface area contributed by atoms with Crippen molar-refractivity contribution >= 4 is 22.7 Å². The van der Waals surface area contributed by atoms with E-state index in [0.717, 1.165) is 12.1 Å². The lowest BCUT2D eigenvalue weighted by molar-refractivity contribution is -0.384. The van der Waals surface area contributed by atoms with Gasteiger partial charge >= 0.3 is 0 Å². The molecule has 0 atom stereocenters. The molecule has 0 unspecified atom stereocenters. The van der Waals surface area contributed by atoms with Gasteiger partial charge in [-0.15, -0.1) is 0 Å². The first-order valence-electron chi connectivity index (χ1n) is 6.39. The summed E-state index contributed by atoms with van der Waals surface area (Å²) in [4.78, 5) is 12.3. The van der Waals surface area contributed by atoms with Crippen molar-refractivity contribution in [3.63, 3.8) is 0 Å². The van der Waals surface area contributed by atoms with E-state index in [2.05, 4.69) is 6.92 Å². The van der Waals surface area contributed by atoms with Gasteiger partial charge in [-0.1, -0.05) is 19.1 Å². The minimum Gasteiger partial charge on any atom is -0.398 e. The first kappa shape index (κ1) is 13.9. The lowest BCUT2D eigenvalue weighted by atomic mass is 10.1. The van der Waals surface area contributed by atoms with Gasteiger partial charge in [0.1, 0.15) is 0 Å². The van der Waals surface area contributed by atoms with Crippen LogP contribution in [0.15, 0.2) is 42.5 Å². The van der Waals surface area contributed by atoms with Crippen LogP contribution >= 0.6 is 0 Å². The molecular weight excluding hydrogens is 254 g/mol. The number of hydrogen-bond acceptors (Lipinski definition) is 4. The van der Waals surface area contributed by atoms with Crippen molar-refractivity contribution in [2.24, 2.45) is 0 Å². The molecule has 104 valence electrons. The molecule has 0 heterocycles. The third kappa shape index (κ3) is 2.88. The molecule has 0 aliphatic carbocycles. The molecule has 0 aliphatic heterocycles. The van der Waals surface area contributed by atoms with Gasteiger partial charge in [0.15, 0.2) is 0 Å². The van der Waals surface area contributed by atoms with Crippen LogP contribution < -0.4 is 10.6 Å². The van der Waals surface area contributed by atoms with Crippen LogP contribution in [-0.4, -0.2) is 12.0 Å². The second-order valence-electron chi connectivity index (χ2n) is 4.62. The summed E-state index contributed by atoms with van der Waals surface area (Å²) in [5.74, 6) is 0. The van der Waals surface area contributed by atoms with Gasteiger partial charge < -0.3 is 10.6 Å². The number of non-ortho nitro benzene ring substituents is 1. The molecule has 0 spiro atoms. The number of nitro groups is 1. The molecule has 0 aliphatic rings. The summed E-state index contributed by atoms with van der Waals surface area (Å²) in [7, 11) is 1.86. The molecule has 2 aromatic carbocycles. The second kappa shape index (κ2) is 5.61. The van der Waals surface area contributed by atoms with E-state index >= 15 is 0 Å². The average molecular weight is 271 g/mol. The maximum absolute atomic E-state index is 10.9. The van der Waals surface area contributed by atoms with Gasteiger partial charge in [-0.05, 0) is 30.2 Å². The lowest BCUT2D eigenvalue weighted by Crippen LogP contribution is -2.10. The van der Waals surface area contributed by atoms with Crippen molar-refractivity contribution in [3.8, 4) is 0 Å². The normalized spacial score (nSPS) is 10.3. The number of nitrogens with two attached hydrogens (primary N) is 1. The monoisotopic (exact) mass is 271 g/mol. The van der Waals surface area contributed by atoms with E-state index < -0.39 is 4.92 Å². The molecule has 0 aromatic heterocycles. The molecule has 2 aromatic rings. The zero-order chi connectivity index (χ0) is 14.7. The highest BCUT2D eigenvalue weighted by Crippen LogP contribution is 2.29. The van der Waals surface area contributed by atoms with E-state index in [4.69, 9.17) is 5.73 Å². The summed E-state index contributed by atoms with van der Waals surface area (Å²) < 4.78 is 0.